The molecule has 1 rings (SSSR count). The lowest BCUT2D eigenvalue weighted by Crippen LogP contribution is -1.83. The van der Waals surface area contributed by atoms with Gasteiger partial charge in [-0.15, -0.1) is 0 Å². The molecule has 0 saturated carbocycles. The van der Waals surface area contributed by atoms with Crippen LogP contribution in [0.1, 0.15) is 32.3 Å². The Balaban J connectivity index is 2.56. The number of hydrogen-bond donors (Lipinski definition) is 0. The maximum atomic E-state index is 3.48. The Hall–Kier alpha value is -0.0800. The maximum absolute atomic E-state index is 3.48. The quantitative estimate of drug-likeness (QED) is 0.667. The third-order valence-corrected chi connectivity index (χ3v) is 3.02. The van der Waals surface area contributed by atoms with Crippen LogP contribution in [0.25, 0.3) is 6.08 Å². The third-order valence-electron chi connectivity index (χ3n) is 2.11. The third kappa shape index (κ3) is 5.53. The van der Waals surface area contributed by atoms with Crippen molar-refractivity contribution < 1.29 is 0 Å². The second-order valence-corrected chi connectivity index (χ2v) is 5.91. The van der Waals surface area contributed by atoms with Gasteiger partial charge in [-0.1, -0.05) is 57.9 Å². The summed E-state index contributed by atoms with van der Waals surface area (Å²) in [7, 11) is 0. The standard InChI is InChI=1S/C13H16Br2/c1-10(2)5-3-4-6-11-7-12(14)9-13(15)8-11/h4,6-10H,3,5H2,1-2H3. The van der Waals surface area contributed by atoms with Crippen molar-refractivity contribution in [1.82, 2.24) is 0 Å². The van der Waals surface area contributed by atoms with Crippen LogP contribution in [-0.4, -0.2) is 0 Å². The monoisotopic (exact) mass is 330 g/mol. The van der Waals surface area contributed by atoms with Crippen molar-refractivity contribution in [3.05, 3.63) is 38.8 Å². The summed E-state index contributed by atoms with van der Waals surface area (Å²) in [6.45, 7) is 4.51. The molecular formula is C13H16Br2. The highest BCUT2D eigenvalue weighted by atomic mass is 79.9. The van der Waals surface area contributed by atoms with Crippen molar-refractivity contribution in [3.8, 4) is 0 Å². The summed E-state index contributed by atoms with van der Waals surface area (Å²) in [4.78, 5) is 0. The molecule has 0 bridgehead atoms. The fourth-order valence-corrected chi connectivity index (χ4v) is 2.65. The molecule has 1 aromatic rings. The van der Waals surface area contributed by atoms with Crippen molar-refractivity contribution in [2.75, 3.05) is 0 Å². The summed E-state index contributed by atoms with van der Waals surface area (Å²) in [6.07, 6.45) is 6.83. The largest absolute Gasteiger partial charge is 0.0839 e. The minimum Gasteiger partial charge on any atom is -0.0839 e. The molecule has 2 heteroatoms. The minimum absolute atomic E-state index is 0.781. The Morgan fingerprint density at radius 2 is 1.73 bits per heavy atom. The zero-order valence-electron chi connectivity index (χ0n) is 9.13. The molecule has 0 aliphatic rings. The van der Waals surface area contributed by atoms with Gasteiger partial charge in [-0.3, -0.25) is 0 Å². The van der Waals surface area contributed by atoms with E-state index < -0.39 is 0 Å². The molecule has 0 unspecified atom stereocenters. The molecule has 0 aliphatic heterocycles. The van der Waals surface area contributed by atoms with E-state index in [4.69, 9.17) is 0 Å². The van der Waals surface area contributed by atoms with Crippen LogP contribution in [0.15, 0.2) is 33.2 Å². The van der Waals surface area contributed by atoms with Crippen LogP contribution < -0.4 is 0 Å². The van der Waals surface area contributed by atoms with E-state index in [0.29, 0.717) is 0 Å². The molecule has 0 nitrogen and oxygen atoms in total. The second kappa shape index (κ2) is 6.49. The van der Waals surface area contributed by atoms with Crippen LogP contribution in [0.3, 0.4) is 0 Å². The van der Waals surface area contributed by atoms with Gasteiger partial charge < -0.3 is 0 Å². The summed E-state index contributed by atoms with van der Waals surface area (Å²) in [5.41, 5.74) is 1.24. The highest BCUT2D eigenvalue weighted by Gasteiger charge is 1.94. The topological polar surface area (TPSA) is 0 Å². The van der Waals surface area contributed by atoms with E-state index in [-0.39, 0.29) is 0 Å². The van der Waals surface area contributed by atoms with E-state index in [9.17, 15) is 0 Å². The number of rotatable bonds is 4. The van der Waals surface area contributed by atoms with Crippen LogP contribution in [-0.2, 0) is 0 Å². The van der Waals surface area contributed by atoms with Crippen molar-refractivity contribution in [1.29, 1.82) is 0 Å². The van der Waals surface area contributed by atoms with Crippen molar-refractivity contribution >= 4 is 37.9 Å². The fraction of sp³-hybridized carbons (Fsp3) is 0.385. The first-order valence-corrected chi connectivity index (χ1v) is 6.79. The molecule has 0 fully saturated rings. The molecule has 0 heterocycles. The summed E-state index contributed by atoms with van der Waals surface area (Å²) >= 11 is 6.96. The highest BCUT2D eigenvalue weighted by Crippen LogP contribution is 2.21. The van der Waals surface area contributed by atoms with E-state index >= 15 is 0 Å². The zero-order chi connectivity index (χ0) is 11.3. The number of allylic oxidation sites excluding steroid dienone is 1. The van der Waals surface area contributed by atoms with E-state index in [2.05, 4.69) is 70.0 Å². The van der Waals surface area contributed by atoms with Crippen molar-refractivity contribution in [3.63, 3.8) is 0 Å². The fourth-order valence-electron chi connectivity index (χ4n) is 1.32. The van der Waals surface area contributed by atoms with Crippen LogP contribution in [0.4, 0.5) is 0 Å². The molecule has 0 aliphatic carbocycles. The smallest absolute Gasteiger partial charge is 0.0192 e. The molecule has 0 radical (unpaired) electrons. The molecule has 82 valence electrons. The lowest BCUT2D eigenvalue weighted by molar-refractivity contribution is 0.595. The van der Waals surface area contributed by atoms with E-state index in [0.717, 1.165) is 21.3 Å². The van der Waals surface area contributed by atoms with Crippen LogP contribution in [0, 0.1) is 5.92 Å². The predicted octanol–water partition coefficient (Wildman–Crippen LogP) is 5.66. The van der Waals surface area contributed by atoms with Gasteiger partial charge >= 0.3 is 0 Å². The predicted molar refractivity (Wildman–Crippen MR) is 74.9 cm³/mol. The summed E-state index contributed by atoms with van der Waals surface area (Å²) in [5.74, 6) is 0.781. The second-order valence-electron chi connectivity index (χ2n) is 4.08. The van der Waals surface area contributed by atoms with Gasteiger partial charge in [-0.2, -0.15) is 0 Å². The Morgan fingerprint density at radius 1 is 1.13 bits per heavy atom. The molecule has 0 spiro atoms. The molecule has 0 amide bonds. The van der Waals surface area contributed by atoms with Crippen LogP contribution >= 0.6 is 31.9 Å². The van der Waals surface area contributed by atoms with Crippen molar-refractivity contribution in [2.45, 2.75) is 26.7 Å². The first-order chi connectivity index (χ1) is 7.08. The van der Waals surface area contributed by atoms with Crippen LogP contribution in [0.2, 0.25) is 0 Å². The first kappa shape index (κ1) is 13.0. The Kier molecular flexibility index (Phi) is 5.62. The van der Waals surface area contributed by atoms with Crippen molar-refractivity contribution in [2.24, 2.45) is 5.92 Å². The van der Waals surface area contributed by atoms with Gasteiger partial charge in [0.15, 0.2) is 0 Å². The Bertz CT molecular complexity index is 320. The lowest BCUT2D eigenvalue weighted by atomic mass is 10.1. The lowest BCUT2D eigenvalue weighted by Gasteiger charge is -2.00. The molecule has 0 N–H and O–H groups in total. The van der Waals surface area contributed by atoms with Gasteiger partial charge in [0.1, 0.15) is 0 Å². The number of halogens is 2. The SMILES string of the molecule is CC(C)CCC=Cc1cc(Br)cc(Br)c1. The van der Waals surface area contributed by atoms with E-state index in [1.807, 2.05) is 6.07 Å². The van der Waals surface area contributed by atoms with Gasteiger partial charge in [0.05, 0.1) is 0 Å². The van der Waals surface area contributed by atoms with Crippen LogP contribution in [0.5, 0.6) is 0 Å². The normalized spacial score (nSPS) is 11.5. The zero-order valence-corrected chi connectivity index (χ0v) is 12.3. The highest BCUT2D eigenvalue weighted by molar-refractivity contribution is 9.11. The average molecular weight is 332 g/mol. The minimum atomic E-state index is 0.781. The molecule has 0 aromatic heterocycles. The summed E-state index contributed by atoms with van der Waals surface area (Å²) in [6, 6.07) is 6.29. The molecular weight excluding hydrogens is 316 g/mol. The molecule has 15 heavy (non-hydrogen) atoms. The van der Waals surface area contributed by atoms with E-state index in [1.54, 1.807) is 0 Å². The Labute approximate surface area is 109 Å². The van der Waals surface area contributed by atoms with Gasteiger partial charge in [0.25, 0.3) is 0 Å². The van der Waals surface area contributed by atoms with E-state index in [1.165, 1.54) is 12.0 Å². The first-order valence-electron chi connectivity index (χ1n) is 5.20. The molecule has 0 atom stereocenters. The number of hydrogen-bond acceptors (Lipinski definition) is 0. The molecule has 1 aromatic carbocycles. The van der Waals surface area contributed by atoms with Gasteiger partial charge in [-0.05, 0) is 42.5 Å². The van der Waals surface area contributed by atoms with Gasteiger partial charge in [-0.25, -0.2) is 0 Å². The molecule has 0 saturated heterocycles. The summed E-state index contributed by atoms with van der Waals surface area (Å²) < 4.78 is 2.22. The van der Waals surface area contributed by atoms with Gasteiger partial charge in [0.2, 0.25) is 0 Å². The Morgan fingerprint density at radius 3 is 2.27 bits per heavy atom. The summed E-state index contributed by atoms with van der Waals surface area (Å²) in [5, 5.41) is 0. The number of benzene rings is 1. The average Bonchev–Trinajstić information content (AvgIpc) is 2.10. The maximum Gasteiger partial charge on any atom is 0.0192 e. The van der Waals surface area contributed by atoms with Gasteiger partial charge in [0, 0.05) is 8.95 Å².